The van der Waals surface area contributed by atoms with Gasteiger partial charge in [0.1, 0.15) is 12.4 Å². The largest absolute Gasteiger partial charge is 0.495 e. The first-order chi connectivity index (χ1) is 16.9. The minimum atomic E-state index is -0.451. The first-order valence-electron chi connectivity index (χ1n) is 13.0. The quantitative estimate of drug-likeness (QED) is 0.356. The Bertz CT molecular complexity index is 1090. The third-order valence-corrected chi connectivity index (χ3v) is 7.88. The van der Waals surface area contributed by atoms with Crippen LogP contribution in [0.4, 0.5) is 0 Å². The molecule has 194 valence electrons. The fraction of sp³-hybridized carbons (Fsp3) is 0.552. The van der Waals surface area contributed by atoms with Gasteiger partial charge in [-0.15, -0.1) is 0 Å². The zero-order valence-corrected chi connectivity index (χ0v) is 23.0. The summed E-state index contributed by atoms with van der Waals surface area (Å²) >= 11 is 0. The van der Waals surface area contributed by atoms with Crippen LogP contribution < -0.4 is 4.74 Å². The van der Waals surface area contributed by atoms with Crippen molar-refractivity contribution >= 4 is 13.1 Å². The SMILES string of the molecule is CCOC(=O)Cc1ccccc1OCC1=CC(B2OC(C)(C)C(C)(C)O2)=C2C=CN(C(C)C)C2(C)C1. The van der Waals surface area contributed by atoms with E-state index in [0.717, 1.165) is 23.0 Å². The second-order valence-corrected chi connectivity index (χ2v) is 11.4. The Morgan fingerprint density at radius 1 is 1.11 bits per heavy atom. The summed E-state index contributed by atoms with van der Waals surface area (Å²) in [5, 5.41) is 0. The van der Waals surface area contributed by atoms with Crippen molar-refractivity contribution in [1.29, 1.82) is 0 Å². The summed E-state index contributed by atoms with van der Waals surface area (Å²) in [6, 6.07) is 8.01. The fourth-order valence-corrected chi connectivity index (χ4v) is 5.35. The zero-order valence-electron chi connectivity index (χ0n) is 23.0. The van der Waals surface area contributed by atoms with E-state index in [1.165, 1.54) is 5.57 Å². The van der Waals surface area contributed by atoms with Gasteiger partial charge in [0.2, 0.25) is 0 Å². The number of hydrogen-bond acceptors (Lipinski definition) is 6. The molecule has 1 aromatic carbocycles. The molecular weight excluding hydrogens is 453 g/mol. The molecule has 2 aliphatic heterocycles. The lowest BCUT2D eigenvalue weighted by atomic mass is 9.66. The first kappa shape index (κ1) is 26.6. The van der Waals surface area contributed by atoms with E-state index >= 15 is 0 Å². The van der Waals surface area contributed by atoms with Gasteiger partial charge in [-0.2, -0.15) is 0 Å². The summed E-state index contributed by atoms with van der Waals surface area (Å²) < 4.78 is 24.4. The minimum Gasteiger partial charge on any atom is -0.489 e. The topological polar surface area (TPSA) is 57.2 Å². The Morgan fingerprint density at radius 2 is 1.78 bits per heavy atom. The average Bonchev–Trinajstić information content (AvgIpc) is 3.24. The van der Waals surface area contributed by atoms with Crippen LogP contribution in [0.3, 0.4) is 0 Å². The number of rotatable bonds is 8. The molecule has 6 nitrogen and oxygen atoms in total. The number of para-hydroxylation sites is 1. The molecule has 2 heterocycles. The van der Waals surface area contributed by atoms with Crippen LogP contribution in [0.25, 0.3) is 0 Å². The van der Waals surface area contributed by atoms with E-state index < -0.39 is 18.3 Å². The number of nitrogens with zero attached hydrogens (tertiary/aromatic N) is 1. The Kier molecular flexibility index (Phi) is 7.19. The average molecular weight is 493 g/mol. The van der Waals surface area contributed by atoms with Crippen molar-refractivity contribution in [3.05, 3.63) is 64.8 Å². The van der Waals surface area contributed by atoms with Crippen molar-refractivity contribution in [3.63, 3.8) is 0 Å². The molecule has 3 aliphatic rings. The smallest absolute Gasteiger partial charge is 0.489 e. The maximum Gasteiger partial charge on any atom is 0.495 e. The van der Waals surface area contributed by atoms with Gasteiger partial charge in [0.15, 0.2) is 0 Å². The van der Waals surface area contributed by atoms with Crippen molar-refractivity contribution < 1.29 is 23.6 Å². The molecule has 4 rings (SSSR count). The molecule has 1 aliphatic carbocycles. The molecule has 0 amide bonds. The predicted molar refractivity (Wildman–Crippen MR) is 143 cm³/mol. The number of benzene rings is 1. The highest BCUT2D eigenvalue weighted by Gasteiger charge is 2.55. The van der Waals surface area contributed by atoms with Gasteiger partial charge in [-0.25, -0.2) is 0 Å². The lowest BCUT2D eigenvalue weighted by molar-refractivity contribution is -0.142. The molecule has 1 unspecified atom stereocenters. The lowest BCUT2D eigenvalue weighted by Gasteiger charge is -2.44. The van der Waals surface area contributed by atoms with E-state index in [2.05, 4.69) is 71.7 Å². The van der Waals surface area contributed by atoms with Crippen LogP contribution in [-0.4, -0.2) is 54.0 Å². The van der Waals surface area contributed by atoms with Gasteiger partial charge in [-0.1, -0.05) is 24.3 Å². The number of carbonyl (C=O) groups excluding carboxylic acids is 1. The molecule has 0 N–H and O–H groups in total. The maximum absolute atomic E-state index is 12.1. The third-order valence-electron chi connectivity index (χ3n) is 7.88. The fourth-order valence-electron chi connectivity index (χ4n) is 5.35. The Labute approximate surface area is 216 Å². The standard InChI is InChI=1S/C29H40BNO5/c1-9-33-26(32)17-22-12-10-11-13-25(22)34-19-21-16-24(30-35-27(4,5)28(6,7)36-30)23-14-15-31(20(2)3)29(23,8)18-21/h10-16,20H,9,17-19H2,1-8H3. The molecule has 1 aromatic rings. The van der Waals surface area contributed by atoms with Gasteiger partial charge in [0, 0.05) is 17.8 Å². The van der Waals surface area contributed by atoms with Gasteiger partial charge < -0.3 is 23.7 Å². The van der Waals surface area contributed by atoms with E-state index in [-0.39, 0.29) is 17.9 Å². The Balaban J connectivity index is 1.63. The van der Waals surface area contributed by atoms with Crippen molar-refractivity contribution in [2.24, 2.45) is 0 Å². The van der Waals surface area contributed by atoms with Gasteiger partial charge in [0.25, 0.3) is 0 Å². The zero-order chi connectivity index (χ0) is 26.3. The van der Waals surface area contributed by atoms with Crippen molar-refractivity contribution in [2.45, 2.75) is 91.0 Å². The highest BCUT2D eigenvalue weighted by molar-refractivity contribution is 6.56. The van der Waals surface area contributed by atoms with Crippen molar-refractivity contribution in [3.8, 4) is 5.75 Å². The number of ether oxygens (including phenoxy) is 2. The van der Waals surface area contributed by atoms with Crippen LogP contribution in [0.15, 0.2) is 59.2 Å². The van der Waals surface area contributed by atoms with Crippen LogP contribution in [0.1, 0.15) is 67.4 Å². The molecule has 0 radical (unpaired) electrons. The number of carbonyl (C=O) groups is 1. The lowest BCUT2D eigenvalue weighted by Crippen LogP contribution is -2.47. The van der Waals surface area contributed by atoms with Gasteiger partial charge in [-0.3, -0.25) is 4.79 Å². The summed E-state index contributed by atoms with van der Waals surface area (Å²) in [5.74, 6) is 0.451. The highest BCUT2D eigenvalue weighted by Crippen LogP contribution is 2.47. The molecule has 0 aromatic heterocycles. The van der Waals surface area contributed by atoms with Crippen molar-refractivity contribution in [2.75, 3.05) is 13.2 Å². The van der Waals surface area contributed by atoms with Crippen LogP contribution in [0.5, 0.6) is 5.75 Å². The number of esters is 1. The van der Waals surface area contributed by atoms with E-state index in [9.17, 15) is 4.79 Å². The second-order valence-electron chi connectivity index (χ2n) is 11.4. The summed E-state index contributed by atoms with van der Waals surface area (Å²) in [6.45, 7) is 17.6. The molecule has 7 heteroatoms. The summed E-state index contributed by atoms with van der Waals surface area (Å²) in [7, 11) is -0.451. The monoisotopic (exact) mass is 493 g/mol. The van der Waals surface area contributed by atoms with E-state index in [1.807, 2.05) is 31.2 Å². The van der Waals surface area contributed by atoms with E-state index in [4.69, 9.17) is 18.8 Å². The highest BCUT2D eigenvalue weighted by atomic mass is 16.7. The molecule has 0 saturated carbocycles. The normalized spacial score (nSPS) is 24.3. The summed E-state index contributed by atoms with van der Waals surface area (Å²) in [6.07, 6.45) is 7.62. The molecule has 1 saturated heterocycles. The molecule has 1 atom stereocenters. The van der Waals surface area contributed by atoms with Crippen LogP contribution in [0, 0.1) is 0 Å². The molecule has 0 spiro atoms. The Morgan fingerprint density at radius 3 is 2.42 bits per heavy atom. The van der Waals surface area contributed by atoms with Crippen LogP contribution in [0.2, 0.25) is 0 Å². The molecule has 36 heavy (non-hydrogen) atoms. The van der Waals surface area contributed by atoms with Gasteiger partial charge in [-0.05, 0) is 90.6 Å². The molecule has 0 bridgehead atoms. The number of fused-ring (bicyclic) bond motifs is 1. The number of allylic oxidation sites excluding steroid dienone is 2. The van der Waals surface area contributed by atoms with E-state index in [0.29, 0.717) is 25.0 Å². The van der Waals surface area contributed by atoms with Crippen molar-refractivity contribution in [1.82, 2.24) is 4.90 Å². The van der Waals surface area contributed by atoms with Gasteiger partial charge >= 0.3 is 13.1 Å². The first-order valence-corrected chi connectivity index (χ1v) is 13.0. The van der Waals surface area contributed by atoms with Gasteiger partial charge in [0.05, 0.1) is 29.8 Å². The molecule has 1 fully saturated rings. The predicted octanol–water partition coefficient (Wildman–Crippen LogP) is 5.43. The minimum absolute atomic E-state index is 0.190. The second kappa shape index (κ2) is 9.75. The summed E-state index contributed by atoms with van der Waals surface area (Å²) in [5.41, 5.74) is 3.22. The third kappa shape index (κ3) is 4.88. The van der Waals surface area contributed by atoms with E-state index in [1.54, 1.807) is 0 Å². The summed E-state index contributed by atoms with van der Waals surface area (Å²) in [4.78, 5) is 14.5. The Hall–Kier alpha value is -2.51. The van der Waals surface area contributed by atoms with Crippen LogP contribution >= 0.6 is 0 Å². The molecular formula is C29H40BNO5. The maximum atomic E-state index is 12.1. The van der Waals surface area contributed by atoms with Crippen LogP contribution in [-0.2, 0) is 25.3 Å². The number of hydrogen-bond donors (Lipinski definition) is 0.